The summed E-state index contributed by atoms with van der Waals surface area (Å²) >= 11 is 0. The van der Waals surface area contributed by atoms with Crippen LogP contribution >= 0.6 is 0 Å². The molecule has 8 nitrogen and oxygen atoms in total. The van der Waals surface area contributed by atoms with E-state index >= 15 is 0 Å². The average molecular weight is 329 g/mol. The molecule has 0 aliphatic carbocycles. The Morgan fingerprint density at radius 1 is 1.14 bits per heavy atom. The van der Waals surface area contributed by atoms with Gasteiger partial charge < -0.3 is 9.47 Å². The van der Waals surface area contributed by atoms with Gasteiger partial charge in [0, 0.05) is 6.26 Å². The Kier molecular flexibility index (Phi) is 5.63. The fourth-order valence-corrected chi connectivity index (χ4v) is 2.00. The number of ether oxygens (including phenoxy) is 2. The van der Waals surface area contributed by atoms with Gasteiger partial charge in [-0.15, -0.1) is 0 Å². The highest BCUT2D eigenvalue weighted by Gasteiger charge is 2.21. The zero-order valence-corrected chi connectivity index (χ0v) is 13.0. The summed E-state index contributed by atoms with van der Waals surface area (Å²) in [7, 11) is -2.28. The van der Waals surface area contributed by atoms with Gasteiger partial charge in [0.2, 0.25) is 0 Å². The first-order valence-corrected chi connectivity index (χ1v) is 7.94. The smallest absolute Gasteiger partial charge is 0.413 e. The van der Waals surface area contributed by atoms with Crippen molar-refractivity contribution in [3.63, 3.8) is 0 Å². The Labute approximate surface area is 127 Å². The Hall–Kier alpha value is -2.42. The van der Waals surface area contributed by atoms with Crippen LogP contribution in [0, 0.1) is 0 Å². The second kappa shape index (κ2) is 7.03. The molecular weight excluding hydrogens is 314 g/mol. The minimum absolute atomic E-state index is 0.0560. The van der Waals surface area contributed by atoms with Gasteiger partial charge in [0.05, 0.1) is 17.6 Å². The van der Waals surface area contributed by atoms with E-state index in [1.807, 2.05) is 5.32 Å². The van der Waals surface area contributed by atoms with Crippen LogP contribution in [-0.2, 0) is 24.1 Å². The number of amides is 2. The van der Waals surface area contributed by atoms with Crippen LogP contribution in [0.2, 0.25) is 0 Å². The van der Waals surface area contributed by atoms with Crippen molar-refractivity contribution in [1.29, 1.82) is 0 Å². The molecule has 1 atom stereocenters. The third kappa shape index (κ3) is 4.85. The molecule has 0 aliphatic heterocycles. The number of alkyl carbamates (subject to hydrolysis) is 1. The first-order chi connectivity index (χ1) is 10.1. The van der Waals surface area contributed by atoms with E-state index in [1.54, 1.807) is 0 Å². The topological polar surface area (TPSA) is 116 Å². The largest absolute Gasteiger partial charge is 0.453 e. The maximum absolute atomic E-state index is 11.8. The third-order valence-corrected chi connectivity index (χ3v) is 3.71. The molecule has 0 bridgehead atoms. The number of imide groups is 1. The Morgan fingerprint density at radius 3 is 2.14 bits per heavy atom. The van der Waals surface area contributed by atoms with Gasteiger partial charge >= 0.3 is 12.1 Å². The second-order valence-electron chi connectivity index (χ2n) is 4.32. The number of nitrogens with one attached hydrogen (secondary N) is 1. The number of hydrogen-bond acceptors (Lipinski definition) is 7. The highest BCUT2D eigenvalue weighted by molar-refractivity contribution is 7.90. The van der Waals surface area contributed by atoms with Crippen LogP contribution in [0.25, 0.3) is 0 Å². The van der Waals surface area contributed by atoms with Gasteiger partial charge in [-0.1, -0.05) is 0 Å². The molecular formula is C13H15NO7S. The van der Waals surface area contributed by atoms with E-state index < -0.39 is 33.9 Å². The zero-order chi connectivity index (χ0) is 16.9. The van der Waals surface area contributed by atoms with Crippen LogP contribution in [0.15, 0.2) is 29.2 Å². The van der Waals surface area contributed by atoms with Crippen LogP contribution in [0.5, 0.6) is 0 Å². The molecule has 1 aromatic carbocycles. The summed E-state index contributed by atoms with van der Waals surface area (Å²) in [5.74, 6) is -1.67. The first kappa shape index (κ1) is 17.6. The molecule has 0 fully saturated rings. The molecule has 0 saturated carbocycles. The summed E-state index contributed by atoms with van der Waals surface area (Å²) in [6.45, 7) is 1.28. The molecule has 22 heavy (non-hydrogen) atoms. The number of hydrogen-bond donors (Lipinski definition) is 1. The molecule has 2 amide bonds. The Morgan fingerprint density at radius 2 is 1.68 bits per heavy atom. The van der Waals surface area contributed by atoms with E-state index in [1.165, 1.54) is 31.2 Å². The highest BCUT2D eigenvalue weighted by Crippen LogP contribution is 2.12. The van der Waals surface area contributed by atoms with E-state index in [9.17, 15) is 22.8 Å². The van der Waals surface area contributed by atoms with Gasteiger partial charge in [0.1, 0.15) is 0 Å². The van der Waals surface area contributed by atoms with E-state index in [0.717, 1.165) is 13.4 Å². The number of carbonyl (C=O) groups excluding carboxylic acids is 3. The Bertz CT molecular complexity index is 679. The molecule has 0 radical (unpaired) electrons. The standard InChI is InChI=1S/C13H15NO7S/c1-8(11(15)14-13(17)20-2)21-12(16)9-4-6-10(7-5-9)22(3,18)19/h4-8H,1-3H3,(H,14,15,17)/t8-/m1/s1. The summed E-state index contributed by atoms with van der Waals surface area (Å²) in [5, 5.41) is 1.86. The number of rotatable bonds is 4. The van der Waals surface area contributed by atoms with Crippen molar-refractivity contribution in [2.45, 2.75) is 17.9 Å². The predicted molar refractivity (Wildman–Crippen MR) is 75.0 cm³/mol. The lowest BCUT2D eigenvalue weighted by Gasteiger charge is -2.12. The summed E-state index contributed by atoms with van der Waals surface area (Å²) in [6.07, 6.45) is -1.15. The van der Waals surface area contributed by atoms with Crippen LogP contribution in [0.4, 0.5) is 4.79 Å². The molecule has 120 valence electrons. The summed E-state index contributed by atoms with van der Waals surface area (Å²) in [4.78, 5) is 34.2. The van der Waals surface area contributed by atoms with Crippen molar-refractivity contribution in [1.82, 2.24) is 5.32 Å². The van der Waals surface area contributed by atoms with Crippen LogP contribution in [0.3, 0.4) is 0 Å². The quantitative estimate of drug-likeness (QED) is 0.800. The molecule has 1 rings (SSSR count). The van der Waals surface area contributed by atoms with Crippen LogP contribution in [0.1, 0.15) is 17.3 Å². The number of carbonyl (C=O) groups is 3. The zero-order valence-electron chi connectivity index (χ0n) is 12.2. The lowest BCUT2D eigenvalue weighted by Crippen LogP contribution is -2.39. The maximum Gasteiger partial charge on any atom is 0.413 e. The fraction of sp³-hybridized carbons (Fsp3) is 0.308. The van der Waals surface area contributed by atoms with Gasteiger partial charge in [-0.3, -0.25) is 10.1 Å². The lowest BCUT2D eigenvalue weighted by molar-refractivity contribution is -0.128. The van der Waals surface area contributed by atoms with E-state index in [0.29, 0.717) is 0 Å². The van der Waals surface area contributed by atoms with E-state index in [2.05, 4.69) is 4.74 Å². The van der Waals surface area contributed by atoms with E-state index in [-0.39, 0.29) is 10.5 Å². The monoisotopic (exact) mass is 329 g/mol. The average Bonchev–Trinajstić information content (AvgIpc) is 2.46. The van der Waals surface area contributed by atoms with Crippen molar-refractivity contribution >= 4 is 27.8 Å². The molecule has 1 N–H and O–H groups in total. The van der Waals surface area contributed by atoms with Crippen molar-refractivity contribution in [3.8, 4) is 0 Å². The van der Waals surface area contributed by atoms with Crippen LogP contribution in [-0.4, -0.2) is 45.9 Å². The molecule has 1 aromatic rings. The number of esters is 1. The molecule has 0 aliphatic rings. The molecule has 0 saturated heterocycles. The number of methoxy groups -OCH3 is 1. The molecule has 0 heterocycles. The maximum atomic E-state index is 11.8. The molecule has 0 aromatic heterocycles. The van der Waals surface area contributed by atoms with E-state index in [4.69, 9.17) is 4.74 Å². The van der Waals surface area contributed by atoms with Gasteiger partial charge in [0.25, 0.3) is 5.91 Å². The molecule has 0 spiro atoms. The van der Waals surface area contributed by atoms with Gasteiger partial charge in [-0.2, -0.15) is 0 Å². The normalized spacial score (nSPS) is 12.1. The van der Waals surface area contributed by atoms with Gasteiger partial charge in [-0.25, -0.2) is 18.0 Å². The minimum Gasteiger partial charge on any atom is -0.453 e. The summed E-state index contributed by atoms with van der Waals surface area (Å²) in [6, 6.07) is 5.05. The minimum atomic E-state index is -3.37. The SMILES string of the molecule is COC(=O)NC(=O)[C@@H](C)OC(=O)c1ccc(S(C)(=O)=O)cc1. The Balaban J connectivity index is 2.73. The highest BCUT2D eigenvalue weighted by atomic mass is 32.2. The van der Waals surface area contributed by atoms with Gasteiger partial charge in [-0.05, 0) is 31.2 Å². The van der Waals surface area contributed by atoms with Crippen molar-refractivity contribution in [2.75, 3.05) is 13.4 Å². The number of sulfone groups is 1. The van der Waals surface area contributed by atoms with Crippen molar-refractivity contribution in [2.24, 2.45) is 0 Å². The lowest BCUT2D eigenvalue weighted by atomic mass is 10.2. The second-order valence-corrected chi connectivity index (χ2v) is 6.34. The first-order valence-electron chi connectivity index (χ1n) is 6.05. The van der Waals surface area contributed by atoms with Crippen LogP contribution < -0.4 is 5.32 Å². The number of benzene rings is 1. The molecule has 0 unspecified atom stereocenters. The predicted octanol–water partition coefficient (Wildman–Crippen LogP) is 0.518. The molecule has 9 heteroatoms. The summed E-state index contributed by atoms with van der Waals surface area (Å²) < 4.78 is 31.7. The van der Waals surface area contributed by atoms with Crippen molar-refractivity contribution < 1.29 is 32.3 Å². The summed E-state index contributed by atoms with van der Waals surface area (Å²) in [5.41, 5.74) is 0.0742. The fourth-order valence-electron chi connectivity index (χ4n) is 1.37. The van der Waals surface area contributed by atoms with Gasteiger partial charge in [0.15, 0.2) is 15.9 Å². The third-order valence-electron chi connectivity index (χ3n) is 2.58. The van der Waals surface area contributed by atoms with Crippen molar-refractivity contribution in [3.05, 3.63) is 29.8 Å².